The number of nitrogens with zero attached hydrogens (tertiary/aromatic N) is 2. The number of hydrogen-bond acceptors (Lipinski definition) is 5. The number of aliphatic hydroxyl groups excluding tert-OH is 1. The standard InChI is InChI=1S/C9H14N2O4/c1-4-7(15-6(3)12)8(11-10)9(13)14-5-2/h7H,4-5H2,1-3H3/p+1/b9-8-. The third-order valence-corrected chi connectivity index (χ3v) is 1.59. The van der Waals surface area contributed by atoms with Crippen molar-refractivity contribution in [1.29, 1.82) is 5.39 Å². The first-order valence-corrected chi connectivity index (χ1v) is 4.65. The lowest BCUT2D eigenvalue weighted by Crippen LogP contribution is -2.18. The van der Waals surface area contributed by atoms with Crippen LogP contribution in [0.1, 0.15) is 27.2 Å². The van der Waals surface area contributed by atoms with Crippen LogP contribution in [0.2, 0.25) is 0 Å². The average molecular weight is 215 g/mol. The van der Waals surface area contributed by atoms with Gasteiger partial charge in [0.2, 0.25) is 11.5 Å². The molecule has 0 spiro atoms. The second kappa shape index (κ2) is 6.65. The molecular weight excluding hydrogens is 200 g/mol. The number of esters is 1. The van der Waals surface area contributed by atoms with Gasteiger partial charge in [-0.2, -0.15) is 0 Å². The van der Waals surface area contributed by atoms with E-state index in [0.717, 1.165) is 0 Å². The summed E-state index contributed by atoms with van der Waals surface area (Å²) in [5.41, 5.74) is -0.186. The summed E-state index contributed by atoms with van der Waals surface area (Å²) in [5.74, 6) is -1.06. The predicted molar refractivity (Wildman–Crippen MR) is 52.2 cm³/mol. The van der Waals surface area contributed by atoms with E-state index >= 15 is 0 Å². The summed E-state index contributed by atoms with van der Waals surface area (Å²) in [4.78, 5) is 13.6. The van der Waals surface area contributed by atoms with Crippen LogP contribution in [0.4, 0.5) is 0 Å². The van der Waals surface area contributed by atoms with Gasteiger partial charge in [0.05, 0.1) is 6.61 Å². The summed E-state index contributed by atoms with van der Waals surface area (Å²) >= 11 is 0. The minimum Gasteiger partial charge on any atom is -0.475 e. The first-order chi connectivity index (χ1) is 7.06. The first kappa shape index (κ1) is 13.2. The number of aliphatic hydroxyl groups is 1. The quantitative estimate of drug-likeness (QED) is 0.430. The molecule has 0 saturated heterocycles. The topological polar surface area (TPSA) is 83.9 Å². The third kappa shape index (κ3) is 4.31. The van der Waals surface area contributed by atoms with E-state index in [-0.39, 0.29) is 12.3 Å². The molecule has 6 nitrogen and oxygen atoms in total. The zero-order valence-corrected chi connectivity index (χ0v) is 9.06. The van der Waals surface area contributed by atoms with Gasteiger partial charge in [0.1, 0.15) is 0 Å². The first-order valence-electron chi connectivity index (χ1n) is 4.65. The van der Waals surface area contributed by atoms with Gasteiger partial charge in [0.25, 0.3) is 0 Å². The predicted octanol–water partition coefficient (Wildman–Crippen LogP) is 1.94. The van der Waals surface area contributed by atoms with Crippen molar-refractivity contribution in [3.63, 3.8) is 0 Å². The SMILES string of the molecule is CCO/C(O)=C(\[N+]#N)C(CC)OC(C)=O. The molecule has 0 saturated carbocycles. The van der Waals surface area contributed by atoms with E-state index in [4.69, 9.17) is 14.9 Å². The molecule has 0 bridgehead atoms. The summed E-state index contributed by atoms with van der Waals surface area (Å²) in [6.45, 7) is 4.84. The van der Waals surface area contributed by atoms with Crippen LogP contribution in [-0.2, 0) is 14.3 Å². The Bertz CT molecular complexity index is 293. The van der Waals surface area contributed by atoms with Crippen molar-refractivity contribution in [3.8, 4) is 0 Å². The van der Waals surface area contributed by atoms with Crippen LogP contribution in [0.3, 0.4) is 0 Å². The van der Waals surface area contributed by atoms with Crippen molar-refractivity contribution in [2.75, 3.05) is 6.61 Å². The normalized spacial score (nSPS) is 13.5. The van der Waals surface area contributed by atoms with Gasteiger partial charge in [-0.1, -0.05) is 6.92 Å². The molecule has 0 aromatic carbocycles. The van der Waals surface area contributed by atoms with Crippen LogP contribution in [0, 0.1) is 5.39 Å². The molecule has 0 fully saturated rings. The molecule has 1 atom stereocenters. The van der Waals surface area contributed by atoms with Crippen LogP contribution < -0.4 is 0 Å². The second-order valence-electron chi connectivity index (χ2n) is 2.73. The van der Waals surface area contributed by atoms with E-state index in [2.05, 4.69) is 4.98 Å². The maximum absolute atomic E-state index is 10.7. The van der Waals surface area contributed by atoms with Crippen LogP contribution in [0.5, 0.6) is 0 Å². The molecule has 0 aliphatic rings. The van der Waals surface area contributed by atoms with E-state index < -0.39 is 18.0 Å². The molecule has 6 heteroatoms. The van der Waals surface area contributed by atoms with E-state index in [1.807, 2.05) is 0 Å². The number of hydrogen-bond donors (Lipinski definition) is 1. The van der Waals surface area contributed by atoms with Crippen molar-refractivity contribution in [2.24, 2.45) is 0 Å². The van der Waals surface area contributed by atoms with Gasteiger partial charge in [-0.3, -0.25) is 4.79 Å². The molecule has 0 heterocycles. The molecule has 0 radical (unpaired) electrons. The fraction of sp³-hybridized carbons (Fsp3) is 0.667. The van der Waals surface area contributed by atoms with Crippen molar-refractivity contribution >= 4 is 5.97 Å². The van der Waals surface area contributed by atoms with Gasteiger partial charge in [-0.25, -0.2) is 0 Å². The number of ether oxygens (including phenoxy) is 2. The lowest BCUT2D eigenvalue weighted by atomic mass is 10.2. The lowest BCUT2D eigenvalue weighted by Gasteiger charge is -2.08. The molecule has 0 aliphatic carbocycles. The van der Waals surface area contributed by atoms with Gasteiger partial charge in [0.15, 0.2) is 4.98 Å². The Kier molecular flexibility index (Phi) is 5.86. The Morgan fingerprint density at radius 1 is 1.53 bits per heavy atom. The van der Waals surface area contributed by atoms with Gasteiger partial charge in [-0.05, 0) is 13.3 Å². The highest BCUT2D eigenvalue weighted by molar-refractivity contribution is 5.66. The third-order valence-electron chi connectivity index (χ3n) is 1.59. The van der Waals surface area contributed by atoms with Gasteiger partial charge in [0, 0.05) is 6.92 Å². The fourth-order valence-electron chi connectivity index (χ4n) is 0.988. The molecule has 15 heavy (non-hydrogen) atoms. The van der Waals surface area contributed by atoms with Crippen molar-refractivity contribution in [2.45, 2.75) is 33.3 Å². The second-order valence-corrected chi connectivity index (χ2v) is 2.73. The van der Waals surface area contributed by atoms with Gasteiger partial charge in [-0.15, -0.1) is 0 Å². The van der Waals surface area contributed by atoms with Crippen LogP contribution in [-0.4, -0.2) is 23.8 Å². The van der Waals surface area contributed by atoms with Crippen molar-refractivity contribution in [1.82, 2.24) is 0 Å². The van der Waals surface area contributed by atoms with Gasteiger partial charge < -0.3 is 14.6 Å². The highest BCUT2D eigenvalue weighted by atomic mass is 16.6. The summed E-state index contributed by atoms with van der Waals surface area (Å²) < 4.78 is 9.58. The van der Waals surface area contributed by atoms with E-state index in [1.54, 1.807) is 13.8 Å². The molecular formula is C9H15N2O4+. The highest BCUT2D eigenvalue weighted by Gasteiger charge is 2.33. The van der Waals surface area contributed by atoms with Crippen molar-refractivity contribution in [3.05, 3.63) is 16.6 Å². The molecule has 0 aromatic rings. The highest BCUT2D eigenvalue weighted by Crippen LogP contribution is 2.16. The summed E-state index contributed by atoms with van der Waals surface area (Å²) in [6, 6.07) is 0. The minimum atomic E-state index is -0.806. The van der Waals surface area contributed by atoms with Gasteiger partial charge >= 0.3 is 17.6 Å². The van der Waals surface area contributed by atoms with E-state index in [0.29, 0.717) is 6.42 Å². The molecule has 84 valence electrons. The Labute approximate surface area is 88.1 Å². The minimum absolute atomic E-state index is 0.186. The van der Waals surface area contributed by atoms with E-state index in [1.165, 1.54) is 6.92 Å². The molecule has 0 aliphatic heterocycles. The monoisotopic (exact) mass is 215 g/mol. The maximum atomic E-state index is 10.7. The zero-order valence-electron chi connectivity index (χ0n) is 9.06. The number of carbonyl (C=O) groups excluding carboxylic acids is 1. The molecule has 1 N–H and O–H groups in total. The summed E-state index contributed by atoms with van der Waals surface area (Å²) in [5, 5.41) is 18.0. The Balaban J connectivity index is 4.83. The summed E-state index contributed by atoms with van der Waals surface area (Å²) in [7, 11) is 0. The largest absolute Gasteiger partial charge is 0.480 e. The Hall–Kier alpha value is -1.77. The van der Waals surface area contributed by atoms with Crippen LogP contribution >= 0.6 is 0 Å². The van der Waals surface area contributed by atoms with E-state index in [9.17, 15) is 9.90 Å². The number of carbonyl (C=O) groups is 1. The van der Waals surface area contributed by atoms with Crippen molar-refractivity contribution < 1.29 is 19.4 Å². The maximum Gasteiger partial charge on any atom is 0.480 e. The molecule has 0 amide bonds. The molecule has 0 aromatic heterocycles. The average Bonchev–Trinajstić information content (AvgIpc) is 2.17. The molecule has 1 unspecified atom stereocenters. The van der Waals surface area contributed by atoms with Crippen LogP contribution in [0.25, 0.3) is 4.98 Å². The fourth-order valence-corrected chi connectivity index (χ4v) is 0.988. The van der Waals surface area contributed by atoms with Crippen LogP contribution in [0.15, 0.2) is 11.6 Å². The smallest absolute Gasteiger partial charge is 0.475 e. The Morgan fingerprint density at radius 3 is 2.47 bits per heavy atom. The zero-order chi connectivity index (χ0) is 11.8. The summed E-state index contributed by atoms with van der Waals surface area (Å²) in [6.07, 6.45) is -0.435. The number of diazo groups is 1. The lowest BCUT2D eigenvalue weighted by molar-refractivity contribution is -0.144. The number of rotatable bonds is 5. The Morgan fingerprint density at radius 2 is 2.13 bits per heavy atom. The molecule has 0 rings (SSSR count).